The molecule has 2 aromatic carbocycles. The van der Waals surface area contributed by atoms with Crippen LogP contribution in [0.1, 0.15) is 19.8 Å². The molecule has 0 saturated carbocycles. The summed E-state index contributed by atoms with van der Waals surface area (Å²) >= 11 is 5.82. The molecule has 0 bridgehead atoms. The number of nitrogens with zero attached hydrogens (tertiary/aromatic N) is 2. The lowest BCUT2D eigenvalue weighted by Gasteiger charge is -2.31. The summed E-state index contributed by atoms with van der Waals surface area (Å²) in [6.07, 6.45) is 0.237. The van der Waals surface area contributed by atoms with E-state index in [4.69, 9.17) is 11.6 Å². The van der Waals surface area contributed by atoms with Crippen molar-refractivity contribution in [3.8, 4) is 0 Å². The maximum atomic E-state index is 14.5. The van der Waals surface area contributed by atoms with Gasteiger partial charge in [-0.15, -0.1) is 0 Å². The normalized spacial score (nSPS) is 13.4. The van der Waals surface area contributed by atoms with Gasteiger partial charge in [0.15, 0.2) is 0 Å². The van der Waals surface area contributed by atoms with Crippen LogP contribution in [-0.4, -0.2) is 47.0 Å². The third kappa shape index (κ3) is 5.69. The van der Waals surface area contributed by atoms with Crippen molar-refractivity contribution in [1.29, 1.82) is 0 Å². The second kappa shape index (κ2) is 9.59. The van der Waals surface area contributed by atoms with Gasteiger partial charge in [-0.3, -0.25) is 4.31 Å². The van der Waals surface area contributed by atoms with Gasteiger partial charge in [-0.25, -0.2) is 29.9 Å². The molecule has 11 heteroatoms. The van der Waals surface area contributed by atoms with Crippen LogP contribution in [0.15, 0.2) is 47.4 Å². The van der Waals surface area contributed by atoms with Gasteiger partial charge < -0.3 is 0 Å². The van der Waals surface area contributed by atoms with Crippen molar-refractivity contribution < 1.29 is 25.6 Å². The first-order valence-electron chi connectivity index (χ1n) is 9.01. The van der Waals surface area contributed by atoms with E-state index in [0.717, 1.165) is 26.8 Å². The number of hydrogen-bond acceptors (Lipinski definition) is 4. The molecule has 2 rings (SSSR count). The zero-order chi connectivity index (χ0) is 22.7. The van der Waals surface area contributed by atoms with Crippen molar-refractivity contribution >= 4 is 37.3 Å². The molecule has 0 aliphatic carbocycles. The van der Waals surface area contributed by atoms with Crippen LogP contribution in [0.3, 0.4) is 0 Å². The van der Waals surface area contributed by atoms with E-state index in [0.29, 0.717) is 5.02 Å². The zero-order valence-corrected chi connectivity index (χ0v) is 19.1. The Hall–Kier alpha value is -1.75. The van der Waals surface area contributed by atoms with Crippen LogP contribution in [0.25, 0.3) is 0 Å². The van der Waals surface area contributed by atoms with Crippen LogP contribution in [-0.2, 0) is 20.0 Å². The largest absolute Gasteiger partial charge is 0.264 e. The summed E-state index contributed by atoms with van der Waals surface area (Å²) in [6.45, 7) is 1.51. The summed E-state index contributed by atoms with van der Waals surface area (Å²) in [4.78, 5) is -0.150. The lowest BCUT2D eigenvalue weighted by molar-refractivity contribution is 0.513. The van der Waals surface area contributed by atoms with Gasteiger partial charge >= 0.3 is 0 Å². The highest BCUT2D eigenvalue weighted by Gasteiger charge is 2.32. The summed E-state index contributed by atoms with van der Waals surface area (Å²) in [7, 11) is -4.96. The Morgan fingerprint density at radius 2 is 1.60 bits per heavy atom. The Balaban J connectivity index is 2.44. The molecule has 0 aromatic heterocycles. The van der Waals surface area contributed by atoms with E-state index in [2.05, 4.69) is 0 Å². The van der Waals surface area contributed by atoms with Crippen molar-refractivity contribution in [2.24, 2.45) is 0 Å². The molecule has 0 unspecified atom stereocenters. The molecule has 2 aromatic rings. The summed E-state index contributed by atoms with van der Waals surface area (Å²) in [6, 6.07) is 6.98. The van der Waals surface area contributed by atoms with E-state index < -0.39 is 43.4 Å². The van der Waals surface area contributed by atoms with Crippen LogP contribution in [0.2, 0.25) is 5.02 Å². The summed E-state index contributed by atoms with van der Waals surface area (Å²) in [5.41, 5.74) is -0.451. The number of benzene rings is 2. The Labute approximate surface area is 181 Å². The van der Waals surface area contributed by atoms with E-state index in [1.807, 2.05) is 0 Å². The minimum atomic E-state index is -4.28. The van der Waals surface area contributed by atoms with Gasteiger partial charge in [-0.05, 0) is 56.2 Å². The van der Waals surface area contributed by atoms with Gasteiger partial charge in [0.2, 0.25) is 10.0 Å². The first-order chi connectivity index (χ1) is 13.9. The predicted octanol–water partition coefficient (Wildman–Crippen LogP) is 3.87. The number of hydrogen-bond donors (Lipinski definition) is 0. The highest BCUT2D eigenvalue weighted by Crippen LogP contribution is 2.31. The van der Waals surface area contributed by atoms with Crippen LogP contribution in [0, 0.1) is 11.6 Å². The van der Waals surface area contributed by atoms with Crippen LogP contribution < -0.4 is 4.31 Å². The van der Waals surface area contributed by atoms with Crippen molar-refractivity contribution in [3.05, 3.63) is 59.1 Å². The zero-order valence-electron chi connectivity index (χ0n) is 16.7. The fraction of sp³-hybridized carbons (Fsp3) is 0.368. The lowest BCUT2D eigenvalue weighted by Crippen LogP contribution is -2.40. The van der Waals surface area contributed by atoms with Crippen molar-refractivity contribution in [2.75, 3.05) is 24.2 Å². The molecule has 30 heavy (non-hydrogen) atoms. The lowest BCUT2D eigenvalue weighted by atomic mass is 10.2. The number of rotatable bonds is 9. The molecule has 6 nitrogen and oxygen atoms in total. The first-order valence-corrected chi connectivity index (χ1v) is 12.4. The summed E-state index contributed by atoms with van der Waals surface area (Å²) in [5.74, 6) is -1.92. The second-order valence-corrected chi connectivity index (χ2v) is 11.5. The summed E-state index contributed by atoms with van der Waals surface area (Å²) < 4.78 is 80.7. The molecule has 0 saturated heterocycles. The Kier molecular flexibility index (Phi) is 7.84. The third-order valence-electron chi connectivity index (χ3n) is 4.50. The van der Waals surface area contributed by atoms with Gasteiger partial charge in [-0.1, -0.05) is 11.6 Å². The molecule has 1 atom stereocenters. The van der Waals surface area contributed by atoms with Gasteiger partial charge in [0.25, 0.3) is 10.0 Å². The quantitative estimate of drug-likeness (QED) is 0.546. The predicted molar refractivity (Wildman–Crippen MR) is 114 cm³/mol. The molecular weight excluding hydrogens is 458 g/mol. The van der Waals surface area contributed by atoms with Crippen molar-refractivity contribution in [3.63, 3.8) is 0 Å². The first kappa shape index (κ1) is 24.5. The monoisotopic (exact) mass is 480 g/mol. The average molecular weight is 481 g/mol. The Bertz CT molecular complexity index is 1090. The SMILES string of the molecule is C[C@H](CCCS(=O)(=O)N(C)C)N(c1cc(F)ccc1F)S(=O)(=O)c1ccc(Cl)cc1. The fourth-order valence-corrected chi connectivity index (χ4v) is 5.55. The third-order valence-corrected chi connectivity index (χ3v) is 8.61. The number of halogens is 3. The Morgan fingerprint density at radius 1 is 1.00 bits per heavy atom. The van der Waals surface area contributed by atoms with Crippen LogP contribution in [0.5, 0.6) is 0 Å². The summed E-state index contributed by atoms with van der Waals surface area (Å²) in [5, 5.41) is 0.319. The molecule has 166 valence electrons. The highest BCUT2D eigenvalue weighted by atomic mass is 35.5. The fourth-order valence-electron chi connectivity index (χ4n) is 2.84. The van der Waals surface area contributed by atoms with Gasteiger partial charge in [0, 0.05) is 31.2 Å². The van der Waals surface area contributed by atoms with Crippen molar-refractivity contribution in [1.82, 2.24) is 4.31 Å². The van der Waals surface area contributed by atoms with E-state index in [-0.39, 0.29) is 23.5 Å². The van der Waals surface area contributed by atoms with Gasteiger partial charge in [0.1, 0.15) is 11.6 Å². The number of anilines is 1. The average Bonchev–Trinajstić information content (AvgIpc) is 2.64. The van der Waals surface area contributed by atoms with Crippen LogP contribution in [0.4, 0.5) is 14.5 Å². The Morgan fingerprint density at radius 3 is 2.17 bits per heavy atom. The molecule has 0 fully saturated rings. The molecule has 0 amide bonds. The molecule has 0 heterocycles. The minimum absolute atomic E-state index is 0.107. The topological polar surface area (TPSA) is 74.8 Å². The molecule has 0 radical (unpaired) electrons. The number of sulfonamides is 2. The maximum Gasteiger partial charge on any atom is 0.264 e. The minimum Gasteiger partial charge on any atom is -0.260 e. The smallest absolute Gasteiger partial charge is 0.260 e. The molecule has 0 aliphatic heterocycles. The van der Waals surface area contributed by atoms with Gasteiger partial charge in [-0.2, -0.15) is 0 Å². The van der Waals surface area contributed by atoms with Crippen molar-refractivity contribution in [2.45, 2.75) is 30.7 Å². The van der Waals surface area contributed by atoms with E-state index in [1.54, 1.807) is 0 Å². The molecule has 0 N–H and O–H groups in total. The molecule has 0 spiro atoms. The van der Waals surface area contributed by atoms with Gasteiger partial charge in [0.05, 0.1) is 16.3 Å². The van der Waals surface area contributed by atoms with Crippen LogP contribution >= 0.6 is 11.6 Å². The standard InChI is InChI=1S/C19H23ClF2N2O4S2/c1-14(5-4-12-29(25,26)23(2)3)24(19-13-16(21)8-11-18(19)22)30(27,28)17-9-6-15(20)7-10-17/h6-11,13-14H,4-5,12H2,1-3H3/t14-/m1/s1. The maximum absolute atomic E-state index is 14.5. The molecular formula is C19H23ClF2N2O4S2. The van der Waals surface area contributed by atoms with E-state index >= 15 is 0 Å². The highest BCUT2D eigenvalue weighted by molar-refractivity contribution is 7.92. The molecule has 0 aliphatic rings. The second-order valence-electron chi connectivity index (χ2n) is 6.94. The van der Waals surface area contributed by atoms with E-state index in [9.17, 15) is 25.6 Å². The van der Waals surface area contributed by atoms with E-state index in [1.165, 1.54) is 45.3 Å².